The molecule has 1 aliphatic carbocycles. The molecule has 0 aromatic carbocycles. The van der Waals surface area contributed by atoms with Gasteiger partial charge in [0.1, 0.15) is 0 Å². The van der Waals surface area contributed by atoms with Crippen molar-refractivity contribution in [2.45, 2.75) is 40.0 Å². The lowest BCUT2D eigenvalue weighted by atomic mass is 9.76. The Bertz CT molecular complexity index is 224. The summed E-state index contributed by atoms with van der Waals surface area (Å²) in [4.78, 5) is 12.0. The van der Waals surface area contributed by atoms with E-state index in [1.54, 1.807) is 0 Å². The van der Waals surface area contributed by atoms with Gasteiger partial charge in [-0.3, -0.25) is 4.79 Å². The standard InChI is InChI=1S/C12H23NO2/c1-4-15-11(14)12(8-13,7-9(2)3)10-5-6-10/h9-10H,4-8,13H2,1-3H3. The van der Waals surface area contributed by atoms with E-state index in [4.69, 9.17) is 10.5 Å². The maximum absolute atomic E-state index is 12.0. The second-order valence-corrected chi connectivity index (χ2v) is 4.95. The van der Waals surface area contributed by atoms with E-state index in [0.29, 0.717) is 25.0 Å². The highest BCUT2D eigenvalue weighted by atomic mass is 16.5. The summed E-state index contributed by atoms with van der Waals surface area (Å²) in [6.45, 7) is 6.99. The smallest absolute Gasteiger partial charge is 0.313 e. The van der Waals surface area contributed by atoms with Gasteiger partial charge in [0, 0.05) is 6.54 Å². The van der Waals surface area contributed by atoms with Crippen LogP contribution in [0.15, 0.2) is 0 Å². The van der Waals surface area contributed by atoms with Gasteiger partial charge in [-0.05, 0) is 38.0 Å². The number of nitrogens with two attached hydrogens (primary N) is 1. The molecule has 1 atom stereocenters. The van der Waals surface area contributed by atoms with Crippen molar-refractivity contribution >= 4 is 5.97 Å². The van der Waals surface area contributed by atoms with Crippen molar-refractivity contribution in [2.75, 3.05) is 13.2 Å². The Labute approximate surface area is 92.4 Å². The van der Waals surface area contributed by atoms with Gasteiger partial charge in [-0.25, -0.2) is 0 Å². The fourth-order valence-corrected chi connectivity index (χ4v) is 2.39. The molecule has 0 spiro atoms. The largest absolute Gasteiger partial charge is 0.466 e. The molecule has 0 aromatic heterocycles. The van der Waals surface area contributed by atoms with Gasteiger partial charge in [0.05, 0.1) is 12.0 Å². The molecule has 1 fully saturated rings. The third kappa shape index (κ3) is 2.71. The molecule has 88 valence electrons. The molecule has 0 saturated heterocycles. The Balaban J connectivity index is 2.77. The molecule has 0 amide bonds. The summed E-state index contributed by atoms with van der Waals surface area (Å²) in [6.07, 6.45) is 3.11. The van der Waals surface area contributed by atoms with Gasteiger partial charge in [0.25, 0.3) is 0 Å². The number of hydrogen-bond donors (Lipinski definition) is 1. The second kappa shape index (κ2) is 4.97. The minimum atomic E-state index is -0.399. The van der Waals surface area contributed by atoms with E-state index in [9.17, 15) is 4.79 Å². The van der Waals surface area contributed by atoms with Crippen LogP contribution in [0.3, 0.4) is 0 Å². The molecule has 0 radical (unpaired) electrons. The van der Waals surface area contributed by atoms with Crippen LogP contribution in [0.4, 0.5) is 0 Å². The van der Waals surface area contributed by atoms with Gasteiger partial charge in [-0.2, -0.15) is 0 Å². The normalized spacial score (nSPS) is 20.1. The topological polar surface area (TPSA) is 52.3 Å². The van der Waals surface area contributed by atoms with Crippen LogP contribution in [0.25, 0.3) is 0 Å². The van der Waals surface area contributed by atoms with Gasteiger partial charge in [0.15, 0.2) is 0 Å². The summed E-state index contributed by atoms with van der Waals surface area (Å²) in [5.74, 6) is 0.867. The summed E-state index contributed by atoms with van der Waals surface area (Å²) in [7, 11) is 0. The average molecular weight is 213 g/mol. The van der Waals surface area contributed by atoms with E-state index >= 15 is 0 Å². The summed E-state index contributed by atoms with van der Waals surface area (Å²) in [6, 6.07) is 0. The lowest BCUT2D eigenvalue weighted by molar-refractivity contribution is -0.157. The lowest BCUT2D eigenvalue weighted by Gasteiger charge is -2.31. The molecule has 0 aromatic rings. The molecule has 0 aliphatic heterocycles. The van der Waals surface area contributed by atoms with Crippen LogP contribution < -0.4 is 5.73 Å². The maximum Gasteiger partial charge on any atom is 0.313 e. The first-order valence-corrected chi connectivity index (χ1v) is 5.94. The number of esters is 1. The highest BCUT2D eigenvalue weighted by Crippen LogP contribution is 2.49. The maximum atomic E-state index is 12.0. The van der Waals surface area contributed by atoms with Crippen molar-refractivity contribution in [3.63, 3.8) is 0 Å². The Morgan fingerprint density at radius 3 is 2.47 bits per heavy atom. The third-order valence-electron chi connectivity index (χ3n) is 3.18. The molecular weight excluding hydrogens is 190 g/mol. The van der Waals surface area contributed by atoms with Crippen LogP contribution in [0.5, 0.6) is 0 Å². The third-order valence-corrected chi connectivity index (χ3v) is 3.18. The first-order chi connectivity index (χ1) is 7.06. The number of hydrogen-bond acceptors (Lipinski definition) is 3. The van der Waals surface area contributed by atoms with Gasteiger partial charge < -0.3 is 10.5 Å². The van der Waals surface area contributed by atoms with Gasteiger partial charge in [-0.15, -0.1) is 0 Å². The summed E-state index contributed by atoms with van der Waals surface area (Å²) in [5, 5.41) is 0. The molecule has 1 aliphatic rings. The molecule has 0 heterocycles. The molecule has 1 rings (SSSR count). The monoisotopic (exact) mass is 213 g/mol. The van der Waals surface area contributed by atoms with E-state index in [2.05, 4.69) is 13.8 Å². The SMILES string of the molecule is CCOC(=O)C(CN)(CC(C)C)C1CC1. The Kier molecular flexibility index (Phi) is 4.14. The molecule has 0 bridgehead atoms. The van der Waals surface area contributed by atoms with Gasteiger partial charge in [0.2, 0.25) is 0 Å². The van der Waals surface area contributed by atoms with Gasteiger partial charge in [-0.1, -0.05) is 13.8 Å². The van der Waals surface area contributed by atoms with Crippen molar-refractivity contribution in [3.05, 3.63) is 0 Å². The molecule has 15 heavy (non-hydrogen) atoms. The lowest BCUT2D eigenvalue weighted by Crippen LogP contribution is -2.43. The van der Waals surface area contributed by atoms with Crippen molar-refractivity contribution < 1.29 is 9.53 Å². The fourth-order valence-electron chi connectivity index (χ4n) is 2.39. The van der Waals surface area contributed by atoms with E-state index in [0.717, 1.165) is 19.3 Å². The Morgan fingerprint density at radius 2 is 2.13 bits per heavy atom. The summed E-state index contributed by atoms with van der Waals surface area (Å²) >= 11 is 0. The molecule has 2 N–H and O–H groups in total. The van der Waals surface area contributed by atoms with E-state index in [1.807, 2.05) is 6.92 Å². The zero-order valence-corrected chi connectivity index (χ0v) is 10.1. The van der Waals surface area contributed by atoms with Crippen LogP contribution in [-0.4, -0.2) is 19.1 Å². The zero-order valence-electron chi connectivity index (χ0n) is 10.1. The van der Waals surface area contributed by atoms with Crippen LogP contribution >= 0.6 is 0 Å². The minimum absolute atomic E-state index is 0.0799. The predicted molar refractivity (Wildman–Crippen MR) is 60.3 cm³/mol. The zero-order chi connectivity index (χ0) is 11.5. The summed E-state index contributed by atoms with van der Waals surface area (Å²) < 4.78 is 5.18. The predicted octanol–water partition coefficient (Wildman–Crippen LogP) is 1.95. The quantitative estimate of drug-likeness (QED) is 0.686. The first-order valence-electron chi connectivity index (χ1n) is 5.94. The Hall–Kier alpha value is -0.570. The van der Waals surface area contributed by atoms with Crippen molar-refractivity contribution in [1.29, 1.82) is 0 Å². The average Bonchev–Trinajstić information content (AvgIpc) is 2.97. The van der Waals surface area contributed by atoms with Crippen LogP contribution in [-0.2, 0) is 9.53 Å². The van der Waals surface area contributed by atoms with Crippen molar-refractivity contribution in [2.24, 2.45) is 23.0 Å². The Morgan fingerprint density at radius 1 is 1.53 bits per heavy atom. The molecule has 1 saturated carbocycles. The molecule has 3 nitrogen and oxygen atoms in total. The van der Waals surface area contributed by atoms with E-state index in [-0.39, 0.29) is 5.97 Å². The molecule has 3 heteroatoms. The fraction of sp³-hybridized carbons (Fsp3) is 0.917. The van der Waals surface area contributed by atoms with Crippen molar-refractivity contribution in [1.82, 2.24) is 0 Å². The van der Waals surface area contributed by atoms with Crippen LogP contribution in [0, 0.1) is 17.3 Å². The van der Waals surface area contributed by atoms with Gasteiger partial charge >= 0.3 is 5.97 Å². The van der Waals surface area contributed by atoms with Crippen molar-refractivity contribution in [3.8, 4) is 0 Å². The number of ether oxygens (including phenoxy) is 1. The summed E-state index contributed by atoms with van der Waals surface area (Å²) in [5.41, 5.74) is 5.43. The van der Waals surface area contributed by atoms with E-state index < -0.39 is 5.41 Å². The first kappa shape index (κ1) is 12.5. The highest BCUT2D eigenvalue weighted by Gasteiger charge is 2.51. The minimum Gasteiger partial charge on any atom is -0.466 e. The number of carbonyl (C=O) groups is 1. The van der Waals surface area contributed by atoms with Crippen LogP contribution in [0.1, 0.15) is 40.0 Å². The highest BCUT2D eigenvalue weighted by molar-refractivity contribution is 5.78. The number of rotatable bonds is 6. The molecular formula is C12H23NO2. The van der Waals surface area contributed by atoms with Crippen LogP contribution in [0.2, 0.25) is 0 Å². The molecule has 1 unspecified atom stereocenters. The number of carbonyl (C=O) groups excluding carboxylic acids is 1. The van der Waals surface area contributed by atoms with E-state index in [1.165, 1.54) is 0 Å². The second-order valence-electron chi connectivity index (χ2n) is 4.95.